The molecule has 27 heavy (non-hydrogen) atoms. The minimum atomic E-state index is -3.57. The van der Waals surface area contributed by atoms with Crippen LogP contribution in [0, 0.1) is 0 Å². The van der Waals surface area contributed by atoms with Gasteiger partial charge in [0.2, 0.25) is 10.0 Å². The molecule has 0 spiro atoms. The molecule has 1 N–H and O–H groups in total. The lowest BCUT2D eigenvalue weighted by atomic mass is 10.1. The van der Waals surface area contributed by atoms with Crippen LogP contribution in [-0.4, -0.2) is 34.3 Å². The largest absolute Gasteiger partial charge is 0.491 e. The molecule has 3 rings (SSSR count). The Hall–Kier alpha value is -2.25. The monoisotopic (exact) mass is 391 g/mol. The number of ether oxygens (including phenoxy) is 3. The van der Waals surface area contributed by atoms with Crippen LogP contribution < -0.4 is 18.9 Å². The number of hydrogen-bond acceptors (Lipinski definition) is 5. The first-order chi connectivity index (χ1) is 12.9. The zero-order valence-electron chi connectivity index (χ0n) is 15.6. The molecule has 0 aromatic heterocycles. The standard InChI is InChI=1S/C20H25NO5S/c1-15(2)26-17-7-5-16(6-8-17)4-3-11-21-27(22,23)18-9-10-19-20(14-18)25-13-12-24-19/h5-10,14-15,21H,3-4,11-13H2,1-2H3. The number of sulfonamides is 1. The van der Waals surface area contributed by atoms with Crippen LogP contribution in [0.25, 0.3) is 0 Å². The zero-order valence-corrected chi connectivity index (χ0v) is 16.4. The van der Waals surface area contributed by atoms with Crippen LogP contribution in [0.2, 0.25) is 0 Å². The molecule has 7 heteroatoms. The van der Waals surface area contributed by atoms with Crippen LogP contribution in [-0.2, 0) is 16.4 Å². The van der Waals surface area contributed by atoms with Crippen LogP contribution in [0.3, 0.4) is 0 Å². The van der Waals surface area contributed by atoms with Crippen molar-refractivity contribution in [2.24, 2.45) is 0 Å². The zero-order chi connectivity index (χ0) is 19.3. The van der Waals surface area contributed by atoms with Gasteiger partial charge in [-0.2, -0.15) is 0 Å². The van der Waals surface area contributed by atoms with E-state index in [4.69, 9.17) is 14.2 Å². The van der Waals surface area contributed by atoms with E-state index in [1.54, 1.807) is 6.07 Å². The van der Waals surface area contributed by atoms with Gasteiger partial charge in [0, 0.05) is 12.6 Å². The highest BCUT2D eigenvalue weighted by atomic mass is 32.2. The van der Waals surface area contributed by atoms with Gasteiger partial charge < -0.3 is 14.2 Å². The Morgan fingerprint density at radius 2 is 1.74 bits per heavy atom. The molecule has 1 aliphatic rings. The summed E-state index contributed by atoms with van der Waals surface area (Å²) in [5.74, 6) is 1.88. The lowest BCUT2D eigenvalue weighted by Crippen LogP contribution is -2.25. The van der Waals surface area contributed by atoms with Crippen molar-refractivity contribution in [3.05, 3.63) is 48.0 Å². The Balaban J connectivity index is 1.51. The Labute approximate surface area is 160 Å². The first-order valence-electron chi connectivity index (χ1n) is 9.09. The van der Waals surface area contributed by atoms with Crippen LogP contribution in [0.1, 0.15) is 25.8 Å². The molecule has 2 aromatic rings. The Morgan fingerprint density at radius 1 is 1.04 bits per heavy atom. The van der Waals surface area contributed by atoms with Crippen LogP contribution in [0.4, 0.5) is 0 Å². The Morgan fingerprint density at radius 3 is 2.44 bits per heavy atom. The van der Waals surface area contributed by atoms with Gasteiger partial charge >= 0.3 is 0 Å². The molecule has 0 unspecified atom stereocenters. The van der Waals surface area contributed by atoms with Crippen molar-refractivity contribution < 1.29 is 22.6 Å². The van der Waals surface area contributed by atoms with E-state index in [1.807, 2.05) is 38.1 Å². The summed E-state index contributed by atoms with van der Waals surface area (Å²) in [4.78, 5) is 0.182. The number of benzene rings is 2. The summed E-state index contributed by atoms with van der Waals surface area (Å²) in [7, 11) is -3.57. The third-order valence-electron chi connectivity index (χ3n) is 4.05. The molecule has 0 radical (unpaired) electrons. The summed E-state index contributed by atoms with van der Waals surface area (Å²) in [5.41, 5.74) is 1.14. The van der Waals surface area contributed by atoms with E-state index < -0.39 is 10.0 Å². The summed E-state index contributed by atoms with van der Waals surface area (Å²) in [6.07, 6.45) is 1.63. The van der Waals surface area contributed by atoms with Crippen molar-refractivity contribution in [1.29, 1.82) is 0 Å². The molecular formula is C20H25NO5S. The molecule has 0 aliphatic carbocycles. The predicted molar refractivity (Wildman–Crippen MR) is 103 cm³/mol. The fourth-order valence-electron chi connectivity index (χ4n) is 2.78. The average Bonchev–Trinajstić information content (AvgIpc) is 2.65. The van der Waals surface area contributed by atoms with Crippen molar-refractivity contribution in [2.75, 3.05) is 19.8 Å². The van der Waals surface area contributed by atoms with Crippen molar-refractivity contribution >= 4 is 10.0 Å². The summed E-state index contributed by atoms with van der Waals surface area (Å²) in [5, 5.41) is 0. The highest BCUT2D eigenvalue weighted by Crippen LogP contribution is 2.32. The second-order valence-electron chi connectivity index (χ2n) is 6.62. The predicted octanol–water partition coefficient (Wildman–Crippen LogP) is 3.16. The normalized spacial score (nSPS) is 13.6. The molecule has 1 heterocycles. The lowest BCUT2D eigenvalue weighted by molar-refractivity contribution is 0.171. The smallest absolute Gasteiger partial charge is 0.240 e. The van der Waals surface area contributed by atoms with Crippen molar-refractivity contribution in [1.82, 2.24) is 4.72 Å². The number of rotatable bonds is 8. The molecule has 146 valence electrons. The van der Waals surface area contributed by atoms with Gasteiger partial charge in [0.15, 0.2) is 11.5 Å². The first-order valence-corrected chi connectivity index (χ1v) is 10.6. The quantitative estimate of drug-likeness (QED) is 0.700. The van der Waals surface area contributed by atoms with Crippen molar-refractivity contribution in [3.63, 3.8) is 0 Å². The summed E-state index contributed by atoms with van der Waals surface area (Å²) >= 11 is 0. The van der Waals surface area contributed by atoms with E-state index in [1.165, 1.54) is 12.1 Å². The average molecular weight is 391 g/mol. The van der Waals surface area contributed by atoms with Gasteiger partial charge in [0.05, 0.1) is 11.0 Å². The molecular weight excluding hydrogens is 366 g/mol. The maximum Gasteiger partial charge on any atom is 0.240 e. The second-order valence-corrected chi connectivity index (χ2v) is 8.38. The number of fused-ring (bicyclic) bond motifs is 1. The Kier molecular flexibility index (Phi) is 6.23. The summed E-state index contributed by atoms with van der Waals surface area (Å²) in [6.45, 7) is 5.23. The van der Waals surface area contributed by atoms with Gasteiger partial charge in [0.25, 0.3) is 0 Å². The van der Waals surface area contributed by atoms with E-state index in [-0.39, 0.29) is 11.0 Å². The number of aryl methyl sites for hydroxylation is 1. The van der Waals surface area contributed by atoms with Gasteiger partial charge in [-0.1, -0.05) is 12.1 Å². The van der Waals surface area contributed by atoms with Gasteiger partial charge in [-0.15, -0.1) is 0 Å². The Bertz CT molecular complexity index is 862. The SMILES string of the molecule is CC(C)Oc1ccc(CCCNS(=O)(=O)c2ccc3c(c2)OCCO3)cc1. The second kappa shape index (κ2) is 8.63. The molecule has 2 aromatic carbocycles. The van der Waals surface area contributed by atoms with E-state index in [0.29, 0.717) is 37.7 Å². The van der Waals surface area contributed by atoms with Crippen LogP contribution >= 0.6 is 0 Å². The first kappa shape index (κ1) is 19.5. The lowest BCUT2D eigenvalue weighted by Gasteiger charge is -2.18. The minimum Gasteiger partial charge on any atom is -0.491 e. The van der Waals surface area contributed by atoms with Gasteiger partial charge in [-0.25, -0.2) is 13.1 Å². The maximum absolute atomic E-state index is 12.5. The van der Waals surface area contributed by atoms with Crippen molar-refractivity contribution in [3.8, 4) is 17.2 Å². The van der Waals surface area contributed by atoms with Gasteiger partial charge in [0.1, 0.15) is 19.0 Å². The molecule has 0 atom stereocenters. The van der Waals surface area contributed by atoms with Crippen LogP contribution in [0.5, 0.6) is 17.2 Å². The molecule has 0 amide bonds. The minimum absolute atomic E-state index is 0.144. The highest BCUT2D eigenvalue weighted by Gasteiger charge is 2.18. The van der Waals surface area contributed by atoms with E-state index in [0.717, 1.165) is 17.7 Å². The topological polar surface area (TPSA) is 73.9 Å². The number of hydrogen-bond donors (Lipinski definition) is 1. The van der Waals surface area contributed by atoms with E-state index >= 15 is 0 Å². The molecule has 0 saturated carbocycles. The fourth-order valence-corrected chi connectivity index (χ4v) is 3.87. The molecule has 0 fully saturated rings. The summed E-state index contributed by atoms with van der Waals surface area (Å²) < 4.78 is 44.0. The van der Waals surface area contributed by atoms with Crippen LogP contribution in [0.15, 0.2) is 47.4 Å². The third-order valence-corrected chi connectivity index (χ3v) is 5.51. The third kappa shape index (κ3) is 5.37. The van der Waals surface area contributed by atoms with Gasteiger partial charge in [-0.3, -0.25) is 0 Å². The fraction of sp³-hybridized carbons (Fsp3) is 0.400. The van der Waals surface area contributed by atoms with Gasteiger partial charge in [-0.05, 0) is 56.5 Å². The van der Waals surface area contributed by atoms with Crippen molar-refractivity contribution in [2.45, 2.75) is 37.7 Å². The molecule has 1 aliphatic heterocycles. The molecule has 0 saturated heterocycles. The maximum atomic E-state index is 12.5. The van der Waals surface area contributed by atoms with E-state index in [9.17, 15) is 8.42 Å². The number of nitrogens with one attached hydrogen (secondary N) is 1. The molecule has 0 bridgehead atoms. The summed E-state index contributed by atoms with van der Waals surface area (Å²) in [6, 6.07) is 12.6. The van der Waals surface area contributed by atoms with E-state index in [2.05, 4.69) is 4.72 Å². The highest BCUT2D eigenvalue weighted by molar-refractivity contribution is 7.89. The molecule has 6 nitrogen and oxygen atoms in total.